The summed E-state index contributed by atoms with van der Waals surface area (Å²) in [5.74, 6) is -1.44. The van der Waals surface area contributed by atoms with Crippen molar-refractivity contribution < 1.29 is 40.7 Å². The van der Waals surface area contributed by atoms with E-state index in [1.54, 1.807) is 0 Å². The number of halogens is 6. The van der Waals surface area contributed by atoms with E-state index in [0.717, 1.165) is 30.4 Å². The zero-order valence-corrected chi connectivity index (χ0v) is 18.1. The number of amides is 2. The lowest BCUT2D eigenvalue weighted by atomic mass is 9.99. The third-order valence-corrected chi connectivity index (χ3v) is 5.82. The number of primary amides is 1. The minimum atomic E-state index is -5.36. The maximum Gasteiger partial charge on any atom is 0.418 e. The van der Waals surface area contributed by atoms with Crippen molar-refractivity contribution in [3.8, 4) is 0 Å². The summed E-state index contributed by atoms with van der Waals surface area (Å²) in [7, 11) is 0. The average Bonchev–Trinajstić information content (AvgIpc) is 2.77. The second-order valence-corrected chi connectivity index (χ2v) is 8.19. The molecule has 1 radical (unpaired) electrons. The van der Waals surface area contributed by atoms with E-state index in [2.05, 4.69) is 6.07 Å². The van der Waals surface area contributed by atoms with Crippen LogP contribution in [0.2, 0.25) is 0 Å². The van der Waals surface area contributed by atoms with Gasteiger partial charge in [0.15, 0.2) is 0 Å². The highest BCUT2D eigenvalue weighted by molar-refractivity contribution is 7.99. The van der Waals surface area contributed by atoms with Gasteiger partial charge in [-0.05, 0) is 42.0 Å². The van der Waals surface area contributed by atoms with Gasteiger partial charge >= 0.3 is 12.4 Å². The van der Waals surface area contributed by atoms with Crippen LogP contribution in [-0.4, -0.2) is 43.0 Å². The summed E-state index contributed by atoms with van der Waals surface area (Å²) in [4.78, 5) is 24.1. The average molecular weight is 503 g/mol. The quantitative estimate of drug-likeness (QED) is 0.477. The van der Waals surface area contributed by atoms with Crippen molar-refractivity contribution in [2.45, 2.75) is 22.1 Å². The van der Waals surface area contributed by atoms with Gasteiger partial charge in [-0.3, -0.25) is 9.59 Å². The van der Waals surface area contributed by atoms with Gasteiger partial charge in [-0.25, -0.2) is 0 Å². The molecule has 2 aromatic rings. The highest BCUT2D eigenvalue weighted by Gasteiger charge is 2.46. The van der Waals surface area contributed by atoms with Gasteiger partial charge in [-0.2, -0.15) is 26.3 Å². The van der Waals surface area contributed by atoms with Crippen molar-refractivity contribution in [1.29, 1.82) is 0 Å². The molecule has 2 N–H and O–H groups in total. The molecule has 12 heteroatoms. The van der Waals surface area contributed by atoms with E-state index in [9.17, 15) is 35.9 Å². The van der Waals surface area contributed by atoms with Crippen LogP contribution in [0, 0.1) is 6.07 Å². The summed E-state index contributed by atoms with van der Waals surface area (Å²) in [6.07, 6.45) is -9.15. The number of hydrogen-bond acceptors (Lipinski definition) is 4. The lowest BCUT2D eigenvalue weighted by molar-refractivity contribution is -0.163. The van der Waals surface area contributed by atoms with Crippen molar-refractivity contribution in [3.05, 3.63) is 64.7 Å². The number of carbonyl (C=O) groups excluding carboxylic acids is 2. The number of morpholine rings is 1. The zero-order valence-electron chi connectivity index (χ0n) is 17.3. The number of ether oxygens (including phenoxy) is 1. The molecule has 1 aliphatic rings. The maximum atomic E-state index is 13.9. The van der Waals surface area contributed by atoms with Crippen LogP contribution in [0.3, 0.4) is 0 Å². The fraction of sp³-hybridized carbons (Fsp3) is 0.273. The number of nitrogens with zero attached hydrogens (tertiary/aromatic N) is 1. The van der Waals surface area contributed by atoms with E-state index in [0.29, 0.717) is 11.8 Å². The van der Waals surface area contributed by atoms with E-state index in [1.807, 2.05) is 0 Å². The van der Waals surface area contributed by atoms with Crippen LogP contribution >= 0.6 is 11.8 Å². The Morgan fingerprint density at radius 3 is 2.18 bits per heavy atom. The number of benzene rings is 2. The van der Waals surface area contributed by atoms with Crippen LogP contribution in [0.4, 0.5) is 26.3 Å². The molecule has 0 aromatic heterocycles. The predicted molar refractivity (Wildman–Crippen MR) is 111 cm³/mol. The molecule has 1 fully saturated rings. The summed E-state index contributed by atoms with van der Waals surface area (Å²) in [5, 5.41) is 0. The molecule has 0 bridgehead atoms. The SMILES string of the molecule is NC(=O)c1[c]cc(Sc2ccc(C=CC(=O)N3CCOCC3)c(C(F)(F)F)c2C(F)(F)F)cc1. The Morgan fingerprint density at radius 1 is 1.00 bits per heavy atom. The Hall–Kier alpha value is -2.99. The smallest absolute Gasteiger partial charge is 0.378 e. The number of hydrogen-bond donors (Lipinski definition) is 1. The number of carbonyl (C=O) groups is 2. The van der Waals surface area contributed by atoms with E-state index < -0.39 is 45.8 Å². The number of nitrogens with two attached hydrogens (primary N) is 1. The molecule has 0 spiro atoms. The molecule has 2 aromatic carbocycles. The molecule has 1 heterocycles. The molecule has 5 nitrogen and oxygen atoms in total. The van der Waals surface area contributed by atoms with Crippen molar-refractivity contribution in [2.75, 3.05) is 26.3 Å². The molecule has 0 saturated carbocycles. The summed E-state index contributed by atoms with van der Waals surface area (Å²) in [5.41, 5.74) is 0.507. The van der Waals surface area contributed by atoms with E-state index in [1.165, 1.54) is 17.0 Å². The highest BCUT2D eigenvalue weighted by atomic mass is 32.2. The third-order valence-electron chi connectivity index (χ3n) is 4.77. The van der Waals surface area contributed by atoms with E-state index >= 15 is 0 Å². The normalized spacial score (nSPS) is 15.1. The lowest BCUT2D eigenvalue weighted by Gasteiger charge is -2.25. The molecule has 0 unspecified atom stereocenters. The minimum absolute atomic E-state index is 0.0261. The van der Waals surface area contributed by atoms with Gasteiger partial charge in [0, 0.05) is 34.5 Å². The van der Waals surface area contributed by atoms with Gasteiger partial charge in [0.05, 0.1) is 24.3 Å². The molecular formula is C22H17F6N2O3S. The van der Waals surface area contributed by atoms with Crippen LogP contribution in [-0.2, 0) is 21.9 Å². The number of rotatable bonds is 5. The van der Waals surface area contributed by atoms with Gasteiger partial charge in [0.2, 0.25) is 11.8 Å². The molecule has 34 heavy (non-hydrogen) atoms. The first-order chi connectivity index (χ1) is 15.9. The Morgan fingerprint density at radius 2 is 1.65 bits per heavy atom. The van der Waals surface area contributed by atoms with Gasteiger partial charge < -0.3 is 15.4 Å². The lowest BCUT2D eigenvalue weighted by Crippen LogP contribution is -2.39. The molecule has 1 saturated heterocycles. The minimum Gasteiger partial charge on any atom is -0.378 e. The van der Waals surface area contributed by atoms with Gasteiger partial charge in [-0.1, -0.05) is 17.8 Å². The monoisotopic (exact) mass is 503 g/mol. The van der Waals surface area contributed by atoms with Crippen molar-refractivity contribution in [3.63, 3.8) is 0 Å². The van der Waals surface area contributed by atoms with Crippen LogP contribution in [0.1, 0.15) is 27.0 Å². The maximum absolute atomic E-state index is 13.9. The van der Waals surface area contributed by atoms with E-state index in [4.69, 9.17) is 10.5 Å². The molecule has 0 atom stereocenters. The second-order valence-electron chi connectivity index (χ2n) is 7.07. The first kappa shape index (κ1) is 25.6. The van der Waals surface area contributed by atoms with Crippen LogP contribution in [0.25, 0.3) is 6.08 Å². The van der Waals surface area contributed by atoms with Crippen molar-refractivity contribution in [1.82, 2.24) is 4.90 Å². The molecular weight excluding hydrogens is 486 g/mol. The van der Waals surface area contributed by atoms with Crippen LogP contribution in [0.15, 0.2) is 46.2 Å². The van der Waals surface area contributed by atoms with Gasteiger partial charge in [-0.15, -0.1) is 0 Å². The summed E-state index contributed by atoms with van der Waals surface area (Å²) in [6.45, 7) is 0.971. The zero-order chi connectivity index (χ0) is 25.1. The summed E-state index contributed by atoms with van der Waals surface area (Å²) >= 11 is 0.431. The summed E-state index contributed by atoms with van der Waals surface area (Å²) < 4.78 is 88.3. The van der Waals surface area contributed by atoms with Crippen molar-refractivity contribution in [2.24, 2.45) is 5.73 Å². The summed E-state index contributed by atoms with van der Waals surface area (Å²) in [6, 6.07) is 7.88. The number of alkyl halides is 6. The molecule has 3 rings (SSSR count). The van der Waals surface area contributed by atoms with Crippen LogP contribution < -0.4 is 5.73 Å². The second kappa shape index (κ2) is 10.1. The van der Waals surface area contributed by atoms with Crippen LogP contribution in [0.5, 0.6) is 0 Å². The first-order valence-electron chi connectivity index (χ1n) is 9.73. The van der Waals surface area contributed by atoms with Gasteiger partial charge in [0.25, 0.3) is 0 Å². The van der Waals surface area contributed by atoms with Crippen molar-refractivity contribution >= 4 is 29.7 Å². The molecule has 0 aliphatic carbocycles. The third kappa shape index (κ3) is 6.11. The fourth-order valence-corrected chi connectivity index (χ4v) is 4.18. The molecule has 2 amide bonds. The standard InChI is InChI=1S/C22H17F6N2O3S/c23-21(24,25)18-13(4-8-17(31)30-9-11-33-12-10-30)3-7-16(19(18)22(26,27)28)34-15-5-1-14(2-6-15)20(29)32/h1,3-8H,9-12H2,(H2,29,32). The largest absolute Gasteiger partial charge is 0.418 e. The molecule has 181 valence electrons. The fourth-order valence-electron chi connectivity index (χ4n) is 3.21. The highest BCUT2D eigenvalue weighted by Crippen LogP contribution is 2.48. The van der Waals surface area contributed by atoms with E-state index in [-0.39, 0.29) is 36.8 Å². The first-order valence-corrected chi connectivity index (χ1v) is 10.5. The van der Waals surface area contributed by atoms with Gasteiger partial charge in [0.1, 0.15) is 0 Å². The molecule has 1 aliphatic heterocycles. The predicted octanol–water partition coefficient (Wildman–Crippen LogP) is 4.65. The Labute approximate surface area is 194 Å². The Bertz CT molecular complexity index is 1090. The Kier molecular flexibility index (Phi) is 7.61. The Balaban J connectivity index is 2.04. The topological polar surface area (TPSA) is 72.6 Å².